The average Bonchev–Trinajstić information content (AvgIpc) is 2.79. The number of hydrogen-bond donors (Lipinski definition) is 1. The summed E-state index contributed by atoms with van der Waals surface area (Å²) in [7, 11) is 0. The molecule has 1 aromatic carbocycles. The zero-order chi connectivity index (χ0) is 19.6. The normalized spacial score (nSPS) is 21.6. The van der Waals surface area contributed by atoms with Crippen molar-refractivity contribution >= 4 is 17.8 Å². The second-order valence-corrected chi connectivity index (χ2v) is 7.46. The van der Waals surface area contributed by atoms with E-state index in [1.807, 2.05) is 38.1 Å². The molecular weight excluding hydrogens is 342 g/mol. The maximum absolute atomic E-state index is 13.3. The molecule has 144 valence electrons. The van der Waals surface area contributed by atoms with E-state index in [-0.39, 0.29) is 18.4 Å². The molecule has 0 radical (unpaired) electrons. The summed E-state index contributed by atoms with van der Waals surface area (Å²) in [6.07, 6.45) is 3.27. The average molecular weight is 369 g/mol. The number of rotatable bonds is 5. The van der Waals surface area contributed by atoms with E-state index in [0.717, 1.165) is 40.9 Å². The molecule has 0 unspecified atom stereocenters. The molecule has 3 rings (SSSR count). The minimum atomic E-state index is -1.05. The number of urea groups is 1. The molecule has 1 spiro atoms. The van der Waals surface area contributed by atoms with Gasteiger partial charge in [-0.15, -0.1) is 0 Å². The molecule has 1 fully saturated rings. The van der Waals surface area contributed by atoms with Gasteiger partial charge in [0, 0.05) is 13.1 Å². The highest BCUT2D eigenvalue weighted by molar-refractivity contribution is 6.09. The first kappa shape index (κ1) is 19.1. The third-order valence-corrected chi connectivity index (χ3v) is 5.39. The van der Waals surface area contributed by atoms with Crippen LogP contribution in [0.15, 0.2) is 36.4 Å². The Morgan fingerprint density at radius 3 is 2.74 bits per heavy atom. The van der Waals surface area contributed by atoms with Crippen LogP contribution in [0.4, 0.5) is 4.79 Å². The van der Waals surface area contributed by atoms with E-state index in [2.05, 4.69) is 11.9 Å². The van der Waals surface area contributed by atoms with Crippen molar-refractivity contribution in [2.24, 2.45) is 0 Å². The maximum Gasteiger partial charge on any atom is 0.325 e. The molecule has 0 bridgehead atoms. The molecule has 2 aliphatic rings. The van der Waals surface area contributed by atoms with Crippen LogP contribution < -0.4 is 5.32 Å². The second kappa shape index (κ2) is 7.55. The van der Waals surface area contributed by atoms with Gasteiger partial charge in [0.1, 0.15) is 12.1 Å². The van der Waals surface area contributed by atoms with Crippen LogP contribution in [0.25, 0.3) is 0 Å². The van der Waals surface area contributed by atoms with Crippen molar-refractivity contribution in [1.82, 2.24) is 15.1 Å². The van der Waals surface area contributed by atoms with Crippen LogP contribution >= 0.6 is 0 Å². The van der Waals surface area contributed by atoms with Crippen LogP contribution in [0.3, 0.4) is 0 Å². The number of nitrogens with zero attached hydrogens (tertiary/aromatic N) is 2. The van der Waals surface area contributed by atoms with Crippen LogP contribution in [0.2, 0.25) is 0 Å². The molecule has 1 aliphatic carbocycles. The first-order valence-electron chi connectivity index (χ1n) is 9.53. The smallest absolute Gasteiger partial charge is 0.325 e. The highest BCUT2D eigenvalue weighted by Gasteiger charge is 2.53. The Kier molecular flexibility index (Phi) is 5.35. The van der Waals surface area contributed by atoms with Gasteiger partial charge >= 0.3 is 6.03 Å². The van der Waals surface area contributed by atoms with Gasteiger partial charge in [0.25, 0.3) is 5.91 Å². The Hall–Kier alpha value is -2.63. The third kappa shape index (κ3) is 3.48. The summed E-state index contributed by atoms with van der Waals surface area (Å²) in [4.78, 5) is 41.3. The van der Waals surface area contributed by atoms with Crippen molar-refractivity contribution in [3.63, 3.8) is 0 Å². The maximum atomic E-state index is 13.3. The number of amides is 4. The molecule has 1 N–H and O–H groups in total. The van der Waals surface area contributed by atoms with Gasteiger partial charge in [-0.25, -0.2) is 4.79 Å². The summed E-state index contributed by atoms with van der Waals surface area (Å²) >= 11 is 0. The molecular formula is C21H27N3O3. The fourth-order valence-corrected chi connectivity index (χ4v) is 4.05. The van der Waals surface area contributed by atoms with Crippen molar-refractivity contribution < 1.29 is 14.4 Å². The fourth-order valence-electron chi connectivity index (χ4n) is 4.05. The largest absolute Gasteiger partial charge is 0.337 e. The van der Waals surface area contributed by atoms with Crippen LogP contribution in [-0.4, -0.2) is 47.3 Å². The van der Waals surface area contributed by atoms with Crippen molar-refractivity contribution in [3.8, 4) is 0 Å². The fraction of sp³-hybridized carbons (Fsp3) is 0.476. The van der Waals surface area contributed by atoms with E-state index in [1.165, 1.54) is 0 Å². The van der Waals surface area contributed by atoms with Crippen molar-refractivity contribution in [2.45, 2.75) is 45.1 Å². The van der Waals surface area contributed by atoms with E-state index in [1.54, 1.807) is 4.90 Å². The summed E-state index contributed by atoms with van der Waals surface area (Å²) in [6, 6.07) is 7.30. The summed E-state index contributed by atoms with van der Waals surface area (Å²) in [5.41, 5.74) is 1.77. The lowest BCUT2D eigenvalue weighted by atomic mass is 9.84. The van der Waals surface area contributed by atoms with Gasteiger partial charge in [0.05, 0.1) is 0 Å². The Morgan fingerprint density at radius 2 is 2.04 bits per heavy atom. The number of nitrogens with one attached hydrogen (secondary N) is 1. The highest BCUT2D eigenvalue weighted by Crippen LogP contribution is 2.38. The number of aryl methyl sites for hydroxylation is 1. The Balaban J connectivity index is 1.87. The Bertz CT molecular complexity index is 789. The van der Waals surface area contributed by atoms with E-state index in [4.69, 9.17) is 0 Å². The molecule has 1 saturated heterocycles. The monoisotopic (exact) mass is 369 g/mol. The van der Waals surface area contributed by atoms with Crippen molar-refractivity contribution in [2.75, 3.05) is 19.6 Å². The van der Waals surface area contributed by atoms with Gasteiger partial charge in [-0.05, 0) is 50.7 Å². The quantitative estimate of drug-likeness (QED) is 0.641. The molecule has 1 heterocycles. The third-order valence-electron chi connectivity index (χ3n) is 5.39. The summed E-state index contributed by atoms with van der Waals surface area (Å²) in [5.74, 6) is -0.565. The molecule has 0 saturated carbocycles. The molecule has 6 nitrogen and oxygen atoms in total. The number of carbonyl (C=O) groups excluding carboxylic acids is 3. The Labute approximate surface area is 160 Å². The van der Waals surface area contributed by atoms with Crippen LogP contribution in [0, 0.1) is 0 Å². The number of imide groups is 1. The molecule has 0 aromatic heterocycles. The first-order valence-corrected chi connectivity index (χ1v) is 9.53. The number of benzene rings is 1. The van der Waals surface area contributed by atoms with Gasteiger partial charge in [-0.2, -0.15) is 0 Å². The SMILES string of the molecule is C=C(C)CN(CC)C(=O)CN1C(=O)N[C@@]2(CCCCc3ccccc32)C1=O. The van der Waals surface area contributed by atoms with Crippen LogP contribution in [-0.2, 0) is 21.5 Å². The Morgan fingerprint density at radius 1 is 1.30 bits per heavy atom. The first-order chi connectivity index (χ1) is 12.9. The van der Waals surface area contributed by atoms with E-state index >= 15 is 0 Å². The second-order valence-electron chi connectivity index (χ2n) is 7.46. The predicted octanol–water partition coefficient (Wildman–Crippen LogP) is 2.58. The summed E-state index contributed by atoms with van der Waals surface area (Å²) < 4.78 is 0. The van der Waals surface area contributed by atoms with E-state index in [9.17, 15) is 14.4 Å². The van der Waals surface area contributed by atoms with Gasteiger partial charge in [0.15, 0.2) is 0 Å². The summed E-state index contributed by atoms with van der Waals surface area (Å²) in [5, 5.41) is 2.92. The lowest BCUT2D eigenvalue weighted by Crippen LogP contribution is -2.46. The topological polar surface area (TPSA) is 69.7 Å². The lowest BCUT2D eigenvalue weighted by Gasteiger charge is -2.28. The zero-order valence-electron chi connectivity index (χ0n) is 16.1. The van der Waals surface area contributed by atoms with Crippen molar-refractivity contribution in [1.29, 1.82) is 0 Å². The minimum absolute atomic E-state index is 0.240. The summed E-state index contributed by atoms with van der Waals surface area (Å²) in [6.45, 7) is 8.24. The van der Waals surface area contributed by atoms with E-state index in [0.29, 0.717) is 19.5 Å². The predicted molar refractivity (Wildman–Crippen MR) is 103 cm³/mol. The molecule has 6 heteroatoms. The van der Waals surface area contributed by atoms with Gasteiger partial charge in [-0.1, -0.05) is 36.4 Å². The van der Waals surface area contributed by atoms with Crippen molar-refractivity contribution in [3.05, 3.63) is 47.5 Å². The number of carbonyl (C=O) groups is 3. The van der Waals surface area contributed by atoms with Gasteiger partial charge < -0.3 is 10.2 Å². The number of hydrogen-bond acceptors (Lipinski definition) is 3. The highest BCUT2D eigenvalue weighted by atomic mass is 16.2. The van der Waals surface area contributed by atoms with Gasteiger partial charge in [-0.3, -0.25) is 14.5 Å². The standard InChI is InChI=1S/C21H27N3O3/c1-4-23(13-15(2)3)18(25)14-24-19(26)21(22-20(24)27)12-8-7-10-16-9-5-6-11-17(16)21/h5-6,9,11H,2,4,7-8,10,12-14H2,1,3H3,(H,22,27)/t21-/m1/s1. The molecule has 1 aromatic rings. The molecule has 1 aliphatic heterocycles. The minimum Gasteiger partial charge on any atom is -0.337 e. The lowest BCUT2D eigenvalue weighted by molar-refractivity contribution is -0.139. The molecule has 4 amide bonds. The number of fused-ring (bicyclic) bond motifs is 2. The zero-order valence-corrected chi connectivity index (χ0v) is 16.1. The molecule has 1 atom stereocenters. The number of likely N-dealkylation sites (N-methyl/N-ethyl adjacent to an activating group) is 1. The van der Waals surface area contributed by atoms with Crippen LogP contribution in [0.5, 0.6) is 0 Å². The van der Waals surface area contributed by atoms with Gasteiger partial charge in [0.2, 0.25) is 5.91 Å². The van der Waals surface area contributed by atoms with Crippen LogP contribution in [0.1, 0.15) is 44.2 Å². The van der Waals surface area contributed by atoms with E-state index < -0.39 is 11.6 Å². The molecule has 27 heavy (non-hydrogen) atoms.